The van der Waals surface area contributed by atoms with Gasteiger partial charge in [0.05, 0.1) is 0 Å². The fraction of sp³-hybridized carbons (Fsp3) is 0. The Balaban J connectivity index is 1.38. The van der Waals surface area contributed by atoms with Crippen molar-refractivity contribution in [2.45, 2.75) is 0 Å². The van der Waals surface area contributed by atoms with E-state index in [-0.39, 0.29) is 0 Å². The minimum Gasteiger partial charge on any atom is -0.456 e. The monoisotopic (exact) mass is 496 g/mol. The predicted octanol–water partition coefficient (Wildman–Crippen LogP) is 10.9. The number of benzene rings is 7. The Morgan fingerprint density at radius 2 is 0.718 bits per heavy atom. The second-order valence-corrected chi connectivity index (χ2v) is 10.1. The molecule has 182 valence electrons. The number of fused-ring (bicyclic) bond motifs is 5. The first-order chi connectivity index (χ1) is 19.3. The predicted molar refractivity (Wildman–Crippen MR) is 165 cm³/mol. The Bertz CT molecular complexity index is 2090. The summed E-state index contributed by atoms with van der Waals surface area (Å²) < 4.78 is 6.28. The zero-order chi connectivity index (χ0) is 25.8. The van der Waals surface area contributed by atoms with Crippen molar-refractivity contribution in [2.24, 2.45) is 0 Å². The smallest absolute Gasteiger partial charge is 0.136 e. The highest BCUT2D eigenvalue weighted by molar-refractivity contribution is 6.22. The summed E-state index contributed by atoms with van der Waals surface area (Å²) in [6.45, 7) is 0. The molecule has 0 saturated carbocycles. The molecule has 0 fully saturated rings. The van der Waals surface area contributed by atoms with Crippen LogP contribution in [0.1, 0.15) is 0 Å². The lowest BCUT2D eigenvalue weighted by Crippen LogP contribution is -1.91. The number of hydrogen-bond acceptors (Lipinski definition) is 1. The first-order valence-corrected chi connectivity index (χ1v) is 13.4. The molecule has 0 atom stereocenters. The third-order valence-electron chi connectivity index (χ3n) is 7.88. The molecule has 0 N–H and O–H groups in total. The highest BCUT2D eigenvalue weighted by Crippen LogP contribution is 2.44. The lowest BCUT2D eigenvalue weighted by molar-refractivity contribution is 0.669. The average Bonchev–Trinajstić information content (AvgIpc) is 3.38. The largest absolute Gasteiger partial charge is 0.456 e. The van der Waals surface area contributed by atoms with Crippen molar-refractivity contribution in [3.63, 3.8) is 0 Å². The van der Waals surface area contributed by atoms with Gasteiger partial charge < -0.3 is 4.42 Å². The molecule has 0 aliphatic carbocycles. The molecule has 0 aliphatic heterocycles. The van der Waals surface area contributed by atoms with E-state index in [9.17, 15) is 0 Å². The molecule has 0 amide bonds. The van der Waals surface area contributed by atoms with E-state index >= 15 is 0 Å². The van der Waals surface area contributed by atoms with Gasteiger partial charge in [-0.2, -0.15) is 0 Å². The van der Waals surface area contributed by atoms with Gasteiger partial charge in [0, 0.05) is 10.8 Å². The standard InChI is InChI=1S/C38H24O/c1-2-10-25(11-3-1)26-18-20-27(21-19-26)37-31-13-4-6-15-33(31)38(34-16-7-5-14-32(34)37)28-22-23-30-29-12-8-9-17-35(29)39-36(30)24-28/h1-24H. The van der Waals surface area contributed by atoms with Crippen molar-refractivity contribution < 1.29 is 4.42 Å². The Kier molecular flexibility index (Phi) is 4.89. The lowest BCUT2D eigenvalue weighted by atomic mass is 9.85. The van der Waals surface area contributed by atoms with Crippen molar-refractivity contribution in [3.05, 3.63) is 146 Å². The molecule has 0 unspecified atom stereocenters. The van der Waals surface area contributed by atoms with Gasteiger partial charge in [-0.25, -0.2) is 0 Å². The minimum absolute atomic E-state index is 0.919. The van der Waals surface area contributed by atoms with Gasteiger partial charge in [0.1, 0.15) is 11.2 Å². The van der Waals surface area contributed by atoms with Crippen LogP contribution in [0.2, 0.25) is 0 Å². The molecule has 7 aromatic carbocycles. The Hall–Kier alpha value is -5.14. The van der Waals surface area contributed by atoms with E-state index < -0.39 is 0 Å². The molecule has 1 heteroatoms. The van der Waals surface area contributed by atoms with Crippen LogP contribution in [0.4, 0.5) is 0 Å². The molecule has 8 rings (SSSR count). The van der Waals surface area contributed by atoms with E-state index in [4.69, 9.17) is 4.42 Å². The van der Waals surface area contributed by atoms with E-state index in [0.717, 1.165) is 21.9 Å². The van der Waals surface area contributed by atoms with Gasteiger partial charge in [0.15, 0.2) is 0 Å². The molecule has 1 nitrogen and oxygen atoms in total. The van der Waals surface area contributed by atoms with Crippen molar-refractivity contribution in [2.75, 3.05) is 0 Å². The summed E-state index contributed by atoms with van der Waals surface area (Å²) in [4.78, 5) is 0. The Morgan fingerprint density at radius 3 is 1.36 bits per heavy atom. The van der Waals surface area contributed by atoms with Crippen LogP contribution in [-0.4, -0.2) is 0 Å². The number of para-hydroxylation sites is 1. The van der Waals surface area contributed by atoms with E-state index in [1.54, 1.807) is 0 Å². The molecule has 0 saturated heterocycles. The van der Waals surface area contributed by atoms with Gasteiger partial charge in [-0.1, -0.05) is 127 Å². The zero-order valence-corrected chi connectivity index (χ0v) is 21.3. The first kappa shape index (κ1) is 21.9. The van der Waals surface area contributed by atoms with E-state index in [1.807, 2.05) is 12.1 Å². The fourth-order valence-corrected chi connectivity index (χ4v) is 6.09. The van der Waals surface area contributed by atoms with E-state index in [2.05, 4.69) is 133 Å². The highest BCUT2D eigenvalue weighted by Gasteiger charge is 2.17. The van der Waals surface area contributed by atoms with Gasteiger partial charge in [-0.15, -0.1) is 0 Å². The minimum atomic E-state index is 0.919. The SMILES string of the molecule is c1ccc(-c2ccc(-c3c4ccccc4c(-c4ccc5c(c4)oc4ccccc45)c4ccccc34)cc2)cc1. The first-order valence-electron chi connectivity index (χ1n) is 13.4. The maximum atomic E-state index is 6.28. The lowest BCUT2D eigenvalue weighted by Gasteiger charge is -2.18. The molecule has 0 bridgehead atoms. The second-order valence-electron chi connectivity index (χ2n) is 10.1. The molecule has 0 aliphatic rings. The summed E-state index contributed by atoms with van der Waals surface area (Å²) in [7, 11) is 0. The topological polar surface area (TPSA) is 13.1 Å². The van der Waals surface area contributed by atoms with Crippen molar-refractivity contribution in [1.82, 2.24) is 0 Å². The van der Waals surface area contributed by atoms with Crippen molar-refractivity contribution in [1.29, 1.82) is 0 Å². The van der Waals surface area contributed by atoms with Crippen LogP contribution in [-0.2, 0) is 0 Å². The van der Waals surface area contributed by atoms with Crippen LogP contribution in [0.3, 0.4) is 0 Å². The van der Waals surface area contributed by atoms with E-state index in [0.29, 0.717) is 0 Å². The number of hydrogen-bond donors (Lipinski definition) is 0. The van der Waals surface area contributed by atoms with Crippen LogP contribution in [0.15, 0.2) is 150 Å². The molecule has 8 aromatic rings. The molecule has 1 aromatic heterocycles. The number of rotatable bonds is 3. The highest BCUT2D eigenvalue weighted by atomic mass is 16.3. The van der Waals surface area contributed by atoms with Gasteiger partial charge in [-0.05, 0) is 73.1 Å². The molecule has 0 spiro atoms. The Labute approximate surface area is 226 Å². The molecular weight excluding hydrogens is 472 g/mol. The van der Waals surface area contributed by atoms with Crippen LogP contribution >= 0.6 is 0 Å². The fourth-order valence-electron chi connectivity index (χ4n) is 6.09. The second kappa shape index (κ2) is 8.72. The summed E-state index contributed by atoms with van der Waals surface area (Å²) in [6.07, 6.45) is 0. The van der Waals surface area contributed by atoms with Crippen LogP contribution < -0.4 is 0 Å². The van der Waals surface area contributed by atoms with Crippen molar-refractivity contribution in [3.8, 4) is 33.4 Å². The average molecular weight is 497 g/mol. The molecular formula is C38H24O. The van der Waals surface area contributed by atoms with Gasteiger partial charge in [0.2, 0.25) is 0 Å². The third kappa shape index (κ3) is 3.48. The summed E-state index contributed by atoms with van der Waals surface area (Å²) in [6, 6.07) is 52.0. The van der Waals surface area contributed by atoms with Crippen LogP contribution in [0.5, 0.6) is 0 Å². The maximum Gasteiger partial charge on any atom is 0.136 e. The van der Waals surface area contributed by atoms with Gasteiger partial charge in [0.25, 0.3) is 0 Å². The van der Waals surface area contributed by atoms with Gasteiger partial charge >= 0.3 is 0 Å². The van der Waals surface area contributed by atoms with Crippen LogP contribution in [0.25, 0.3) is 76.9 Å². The van der Waals surface area contributed by atoms with Crippen LogP contribution in [0, 0.1) is 0 Å². The molecule has 0 radical (unpaired) electrons. The summed E-state index contributed by atoms with van der Waals surface area (Å²) in [5, 5.41) is 7.30. The molecule has 39 heavy (non-hydrogen) atoms. The summed E-state index contributed by atoms with van der Waals surface area (Å²) in [5.74, 6) is 0. The zero-order valence-electron chi connectivity index (χ0n) is 21.3. The quantitative estimate of drug-likeness (QED) is 0.222. The van der Waals surface area contributed by atoms with Gasteiger partial charge in [-0.3, -0.25) is 0 Å². The van der Waals surface area contributed by atoms with Crippen molar-refractivity contribution >= 4 is 43.5 Å². The Morgan fingerprint density at radius 1 is 0.282 bits per heavy atom. The summed E-state index contributed by atoms with van der Waals surface area (Å²) in [5.41, 5.74) is 9.21. The number of furan rings is 1. The summed E-state index contributed by atoms with van der Waals surface area (Å²) >= 11 is 0. The maximum absolute atomic E-state index is 6.28. The third-order valence-corrected chi connectivity index (χ3v) is 7.88. The molecule has 1 heterocycles. The van der Waals surface area contributed by atoms with E-state index in [1.165, 1.54) is 54.9 Å². The normalized spacial score (nSPS) is 11.6.